The van der Waals surface area contributed by atoms with E-state index in [0.29, 0.717) is 18.5 Å². The highest BCUT2D eigenvalue weighted by atomic mass is 32.1. The first-order valence-electron chi connectivity index (χ1n) is 10.8. The fourth-order valence-corrected chi connectivity index (χ4v) is 5.39. The summed E-state index contributed by atoms with van der Waals surface area (Å²) >= 11 is 1.87. The second-order valence-electron chi connectivity index (χ2n) is 7.91. The van der Waals surface area contributed by atoms with Crippen LogP contribution in [0, 0.1) is 5.92 Å². The van der Waals surface area contributed by atoms with E-state index in [-0.39, 0.29) is 0 Å². The van der Waals surface area contributed by atoms with Gasteiger partial charge in [-0.3, -0.25) is 9.88 Å². The molecular weight excluding hydrogens is 390 g/mol. The van der Waals surface area contributed by atoms with Crippen molar-refractivity contribution in [2.45, 2.75) is 32.4 Å². The third kappa shape index (κ3) is 4.82. The third-order valence-corrected chi connectivity index (χ3v) is 6.78. The normalized spacial score (nSPS) is 20.4. The van der Waals surface area contributed by atoms with Gasteiger partial charge in [0, 0.05) is 35.6 Å². The van der Waals surface area contributed by atoms with E-state index in [2.05, 4.69) is 76.3 Å². The highest BCUT2D eigenvalue weighted by Crippen LogP contribution is 2.36. The van der Waals surface area contributed by atoms with Gasteiger partial charge in [-0.25, -0.2) is 4.99 Å². The molecule has 4 rings (SSSR count). The number of hydrogen-bond donors (Lipinski definition) is 2. The van der Waals surface area contributed by atoms with Crippen LogP contribution in [0.1, 0.15) is 36.2 Å². The number of aliphatic imine (C=N–C) groups is 1. The van der Waals surface area contributed by atoms with E-state index in [1.807, 2.05) is 23.6 Å². The Hall–Kier alpha value is -2.44. The average molecular weight is 422 g/mol. The van der Waals surface area contributed by atoms with Crippen molar-refractivity contribution in [3.8, 4) is 0 Å². The standard InChI is InChI=1S/C24H31N5S/c1-3-25-24(27-16-19-9-4-8-18-10-5-13-26-22(18)19)28-17-20-11-6-14-29(2)23(20)21-12-7-15-30-21/h4-5,7-10,12-13,15,20,23H,3,6,11,14,16-17H2,1-2H3,(H2,25,27,28). The van der Waals surface area contributed by atoms with Gasteiger partial charge in [0.25, 0.3) is 0 Å². The van der Waals surface area contributed by atoms with Crippen molar-refractivity contribution in [1.29, 1.82) is 0 Å². The summed E-state index contributed by atoms with van der Waals surface area (Å²) < 4.78 is 0. The maximum Gasteiger partial charge on any atom is 0.191 e. The van der Waals surface area contributed by atoms with Crippen molar-refractivity contribution in [3.63, 3.8) is 0 Å². The summed E-state index contributed by atoms with van der Waals surface area (Å²) in [6.07, 6.45) is 4.34. The molecule has 3 heterocycles. The topological polar surface area (TPSA) is 52.6 Å². The maximum absolute atomic E-state index is 4.87. The largest absolute Gasteiger partial charge is 0.357 e. The van der Waals surface area contributed by atoms with Crippen molar-refractivity contribution in [2.24, 2.45) is 10.9 Å². The molecule has 0 spiro atoms. The van der Waals surface area contributed by atoms with Crippen LogP contribution >= 0.6 is 11.3 Å². The van der Waals surface area contributed by atoms with Crippen molar-refractivity contribution in [1.82, 2.24) is 20.5 Å². The number of aromatic nitrogens is 1. The first-order valence-corrected chi connectivity index (χ1v) is 11.7. The molecule has 0 bridgehead atoms. The summed E-state index contributed by atoms with van der Waals surface area (Å²) in [6, 6.07) is 15.3. The molecule has 0 aliphatic carbocycles. The Bertz CT molecular complexity index is 963. The molecule has 1 aliphatic heterocycles. The van der Waals surface area contributed by atoms with Crippen LogP contribution in [0.5, 0.6) is 0 Å². The molecule has 0 amide bonds. The second-order valence-corrected chi connectivity index (χ2v) is 8.89. The van der Waals surface area contributed by atoms with E-state index in [9.17, 15) is 0 Å². The number of rotatable bonds is 6. The molecule has 2 N–H and O–H groups in total. The number of para-hydroxylation sites is 1. The van der Waals surface area contributed by atoms with Gasteiger partial charge in [0.2, 0.25) is 0 Å². The zero-order chi connectivity index (χ0) is 20.8. The molecule has 6 heteroatoms. The van der Waals surface area contributed by atoms with E-state index in [1.54, 1.807) is 0 Å². The minimum absolute atomic E-state index is 0.483. The predicted molar refractivity (Wildman–Crippen MR) is 127 cm³/mol. The zero-order valence-corrected chi connectivity index (χ0v) is 18.7. The number of piperidine rings is 1. The molecule has 1 fully saturated rings. The lowest BCUT2D eigenvalue weighted by Gasteiger charge is -2.39. The summed E-state index contributed by atoms with van der Waals surface area (Å²) in [5.41, 5.74) is 2.19. The summed E-state index contributed by atoms with van der Waals surface area (Å²) in [4.78, 5) is 13.4. The minimum atomic E-state index is 0.483. The van der Waals surface area contributed by atoms with Gasteiger partial charge in [-0.15, -0.1) is 11.3 Å². The minimum Gasteiger partial charge on any atom is -0.357 e. The number of nitrogens with zero attached hydrogens (tertiary/aromatic N) is 3. The quantitative estimate of drug-likeness (QED) is 0.457. The summed E-state index contributed by atoms with van der Waals surface area (Å²) in [5, 5.41) is 10.4. The molecule has 2 atom stereocenters. The number of benzene rings is 1. The first-order chi connectivity index (χ1) is 14.8. The molecule has 1 saturated heterocycles. The van der Waals surface area contributed by atoms with Gasteiger partial charge in [-0.05, 0) is 62.4 Å². The number of guanidine groups is 1. The van der Waals surface area contributed by atoms with E-state index in [4.69, 9.17) is 4.99 Å². The monoisotopic (exact) mass is 421 g/mol. The number of hydrogen-bond acceptors (Lipinski definition) is 4. The van der Waals surface area contributed by atoms with Crippen LogP contribution in [0.3, 0.4) is 0 Å². The van der Waals surface area contributed by atoms with Crippen LogP contribution in [-0.2, 0) is 6.54 Å². The molecule has 5 nitrogen and oxygen atoms in total. The van der Waals surface area contributed by atoms with Gasteiger partial charge in [0.15, 0.2) is 5.96 Å². The molecular formula is C24H31N5S. The highest BCUT2D eigenvalue weighted by molar-refractivity contribution is 7.10. The lowest BCUT2D eigenvalue weighted by atomic mass is 9.88. The molecule has 3 aromatic rings. The van der Waals surface area contributed by atoms with Crippen LogP contribution in [0.4, 0.5) is 0 Å². The first kappa shape index (κ1) is 20.8. The van der Waals surface area contributed by atoms with E-state index < -0.39 is 0 Å². The summed E-state index contributed by atoms with van der Waals surface area (Å²) in [7, 11) is 2.25. The van der Waals surface area contributed by atoms with Gasteiger partial charge < -0.3 is 10.6 Å². The Morgan fingerprint density at radius 2 is 2.10 bits per heavy atom. The smallest absolute Gasteiger partial charge is 0.191 e. The van der Waals surface area contributed by atoms with Gasteiger partial charge >= 0.3 is 0 Å². The molecule has 0 radical (unpaired) electrons. The Kier molecular flexibility index (Phi) is 6.97. The third-order valence-electron chi connectivity index (χ3n) is 5.84. The molecule has 1 aliphatic rings. The van der Waals surface area contributed by atoms with Crippen LogP contribution in [0.2, 0.25) is 0 Å². The maximum atomic E-state index is 4.87. The van der Waals surface area contributed by atoms with Crippen LogP contribution in [0.25, 0.3) is 10.9 Å². The summed E-state index contributed by atoms with van der Waals surface area (Å²) in [5.74, 6) is 1.45. The average Bonchev–Trinajstić information content (AvgIpc) is 3.30. The van der Waals surface area contributed by atoms with Crippen molar-refractivity contribution >= 4 is 28.2 Å². The number of likely N-dealkylation sites (tertiary alicyclic amines) is 1. The van der Waals surface area contributed by atoms with Crippen molar-refractivity contribution in [2.75, 3.05) is 26.7 Å². The van der Waals surface area contributed by atoms with Crippen molar-refractivity contribution in [3.05, 3.63) is 64.5 Å². The Morgan fingerprint density at radius 3 is 2.93 bits per heavy atom. The van der Waals surface area contributed by atoms with E-state index >= 15 is 0 Å². The van der Waals surface area contributed by atoms with Gasteiger partial charge in [-0.1, -0.05) is 30.3 Å². The Morgan fingerprint density at radius 1 is 1.20 bits per heavy atom. The summed E-state index contributed by atoms with van der Waals surface area (Å²) in [6.45, 7) is 5.66. The molecule has 30 heavy (non-hydrogen) atoms. The lowest BCUT2D eigenvalue weighted by molar-refractivity contribution is 0.125. The number of thiophene rings is 1. The lowest BCUT2D eigenvalue weighted by Crippen LogP contribution is -2.44. The molecule has 2 unspecified atom stereocenters. The Labute approximate surface area is 183 Å². The molecule has 2 aromatic heterocycles. The van der Waals surface area contributed by atoms with E-state index in [0.717, 1.165) is 35.5 Å². The van der Waals surface area contributed by atoms with Gasteiger partial charge in [0.1, 0.15) is 0 Å². The predicted octanol–water partition coefficient (Wildman–Crippen LogP) is 4.43. The molecule has 0 saturated carbocycles. The fraction of sp³-hybridized carbons (Fsp3) is 0.417. The zero-order valence-electron chi connectivity index (χ0n) is 17.8. The number of fused-ring (bicyclic) bond motifs is 1. The van der Waals surface area contributed by atoms with Crippen LogP contribution < -0.4 is 10.6 Å². The van der Waals surface area contributed by atoms with Gasteiger partial charge in [-0.2, -0.15) is 0 Å². The van der Waals surface area contributed by atoms with Crippen molar-refractivity contribution < 1.29 is 0 Å². The SMILES string of the molecule is CCNC(=NCc1cccc2cccnc12)NCC1CCCN(C)C1c1cccs1. The second kappa shape index (κ2) is 10.0. The van der Waals surface area contributed by atoms with Crippen LogP contribution in [-0.4, -0.2) is 42.5 Å². The van der Waals surface area contributed by atoms with E-state index in [1.165, 1.54) is 24.3 Å². The highest BCUT2D eigenvalue weighted by Gasteiger charge is 2.31. The fourth-order valence-electron chi connectivity index (χ4n) is 4.41. The molecule has 1 aromatic carbocycles. The number of nitrogens with one attached hydrogen (secondary N) is 2. The Balaban J connectivity index is 1.46. The van der Waals surface area contributed by atoms with Gasteiger partial charge in [0.05, 0.1) is 12.1 Å². The van der Waals surface area contributed by atoms with Crippen LogP contribution in [0.15, 0.2) is 59.0 Å². The number of pyridine rings is 1. The molecule has 158 valence electrons.